The molecule has 1 heterocycles. The van der Waals surface area contributed by atoms with Gasteiger partial charge in [-0.1, -0.05) is 42.5 Å². The van der Waals surface area contributed by atoms with Crippen LogP contribution in [0.25, 0.3) is 10.4 Å². The highest BCUT2D eigenvalue weighted by molar-refractivity contribution is 9.10. The number of anilines is 1. The molecule has 0 spiro atoms. The van der Waals surface area contributed by atoms with E-state index in [4.69, 9.17) is 0 Å². The lowest BCUT2D eigenvalue weighted by Crippen LogP contribution is -2.26. The van der Waals surface area contributed by atoms with Crippen LogP contribution in [-0.2, 0) is 0 Å². The Balaban J connectivity index is 1.87. The topological polar surface area (TPSA) is 20.3 Å². The molecule has 3 rings (SSSR count). The number of hydrogen-bond acceptors (Lipinski definition) is 2. The van der Waals surface area contributed by atoms with Gasteiger partial charge in [-0.25, -0.2) is 0 Å². The number of amides is 1. The lowest BCUT2D eigenvalue weighted by molar-refractivity contribution is 0.0992. The molecule has 0 bridgehead atoms. The molecule has 0 aliphatic carbocycles. The highest BCUT2D eigenvalue weighted by atomic mass is 79.9. The number of rotatable bonds is 3. The molecule has 0 atom stereocenters. The van der Waals surface area contributed by atoms with Gasteiger partial charge < -0.3 is 4.90 Å². The number of carbonyl (C=O) groups excluding carboxylic acids is 1. The molecule has 0 unspecified atom stereocenters. The summed E-state index contributed by atoms with van der Waals surface area (Å²) < 4.78 is 0.811. The van der Waals surface area contributed by atoms with Gasteiger partial charge in [0.25, 0.3) is 5.91 Å². The van der Waals surface area contributed by atoms with Crippen LogP contribution in [0.1, 0.15) is 10.4 Å². The number of carbonyl (C=O) groups is 1. The largest absolute Gasteiger partial charge is 0.311 e. The lowest BCUT2D eigenvalue weighted by Gasteiger charge is -2.16. The van der Waals surface area contributed by atoms with Crippen LogP contribution in [-0.4, -0.2) is 13.0 Å². The second kappa shape index (κ2) is 6.46. The van der Waals surface area contributed by atoms with Gasteiger partial charge in [0.1, 0.15) is 0 Å². The van der Waals surface area contributed by atoms with Crippen LogP contribution >= 0.6 is 27.3 Å². The van der Waals surface area contributed by atoms with Crippen LogP contribution in [0.2, 0.25) is 0 Å². The van der Waals surface area contributed by atoms with Crippen molar-refractivity contribution in [2.75, 3.05) is 11.9 Å². The first-order chi connectivity index (χ1) is 10.7. The average Bonchev–Trinajstić information content (AvgIpc) is 3.05. The predicted molar refractivity (Wildman–Crippen MR) is 96.6 cm³/mol. The van der Waals surface area contributed by atoms with Gasteiger partial charge in [-0.3, -0.25) is 4.79 Å². The fourth-order valence-corrected chi connectivity index (χ4v) is 3.58. The minimum Gasteiger partial charge on any atom is -0.311 e. The lowest BCUT2D eigenvalue weighted by atomic mass is 10.2. The number of benzene rings is 2. The first-order valence-electron chi connectivity index (χ1n) is 6.83. The second-order valence-electron chi connectivity index (χ2n) is 4.88. The van der Waals surface area contributed by atoms with Gasteiger partial charge in [0.2, 0.25) is 0 Å². The van der Waals surface area contributed by atoms with Gasteiger partial charge in [-0.2, -0.15) is 0 Å². The number of hydrogen-bond donors (Lipinski definition) is 0. The maximum absolute atomic E-state index is 12.6. The maximum Gasteiger partial charge on any atom is 0.259 e. The third-order valence-electron chi connectivity index (χ3n) is 3.44. The summed E-state index contributed by atoms with van der Waals surface area (Å²) in [5.41, 5.74) is 2.74. The summed E-state index contributed by atoms with van der Waals surface area (Å²) >= 11 is 5.08. The smallest absolute Gasteiger partial charge is 0.259 e. The Morgan fingerprint density at radius 3 is 2.45 bits per heavy atom. The highest BCUT2D eigenvalue weighted by Crippen LogP contribution is 2.32. The van der Waals surface area contributed by atoms with E-state index in [-0.39, 0.29) is 5.91 Å². The molecule has 2 aromatic carbocycles. The Labute approximate surface area is 142 Å². The summed E-state index contributed by atoms with van der Waals surface area (Å²) in [5.74, 6) is -0.0233. The molecule has 0 aliphatic heterocycles. The van der Waals surface area contributed by atoms with E-state index in [9.17, 15) is 4.79 Å². The standard InChI is InChI=1S/C18H14BrNOS/c1-20(18(21)15-9-5-6-10-16(15)19)14-11-17(22-12-14)13-7-3-2-4-8-13/h2-12H,1H3. The Hall–Kier alpha value is -1.91. The van der Waals surface area contributed by atoms with Crippen LogP contribution in [0.4, 0.5) is 5.69 Å². The summed E-state index contributed by atoms with van der Waals surface area (Å²) in [6.07, 6.45) is 0. The zero-order valence-electron chi connectivity index (χ0n) is 12.0. The Morgan fingerprint density at radius 2 is 1.73 bits per heavy atom. The summed E-state index contributed by atoms with van der Waals surface area (Å²) in [6, 6.07) is 19.7. The van der Waals surface area contributed by atoms with Gasteiger partial charge in [0.15, 0.2) is 0 Å². The highest BCUT2D eigenvalue weighted by Gasteiger charge is 2.17. The molecule has 1 amide bonds. The van der Waals surface area contributed by atoms with Crippen molar-refractivity contribution in [2.45, 2.75) is 0 Å². The number of halogens is 1. The van der Waals surface area contributed by atoms with Crippen molar-refractivity contribution in [1.82, 2.24) is 0 Å². The second-order valence-corrected chi connectivity index (χ2v) is 6.64. The summed E-state index contributed by atoms with van der Waals surface area (Å²) in [7, 11) is 1.80. The van der Waals surface area contributed by atoms with E-state index in [1.807, 2.05) is 47.8 Å². The fourth-order valence-electron chi connectivity index (χ4n) is 2.19. The van der Waals surface area contributed by atoms with Crippen molar-refractivity contribution >= 4 is 38.9 Å². The predicted octanol–water partition coefficient (Wildman–Crippen LogP) is 5.45. The van der Waals surface area contributed by atoms with E-state index >= 15 is 0 Å². The molecule has 0 fully saturated rings. The van der Waals surface area contributed by atoms with Crippen molar-refractivity contribution in [3.8, 4) is 10.4 Å². The fraction of sp³-hybridized carbons (Fsp3) is 0.0556. The van der Waals surface area contributed by atoms with Crippen molar-refractivity contribution < 1.29 is 4.79 Å². The number of nitrogens with zero attached hydrogens (tertiary/aromatic N) is 1. The molecule has 4 heteroatoms. The quantitative estimate of drug-likeness (QED) is 0.598. The Kier molecular flexibility index (Phi) is 4.41. The molecule has 3 aromatic rings. The Morgan fingerprint density at radius 1 is 1.05 bits per heavy atom. The third-order valence-corrected chi connectivity index (χ3v) is 5.10. The molecule has 22 heavy (non-hydrogen) atoms. The molecule has 110 valence electrons. The molecule has 0 saturated heterocycles. The van der Waals surface area contributed by atoms with Crippen LogP contribution in [0, 0.1) is 0 Å². The molecule has 0 radical (unpaired) electrons. The molecule has 0 N–H and O–H groups in total. The van der Waals surface area contributed by atoms with Gasteiger partial charge in [0, 0.05) is 21.8 Å². The molecule has 2 nitrogen and oxygen atoms in total. The molecular weight excluding hydrogens is 358 g/mol. The minimum absolute atomic E-state index is 0.0233. The van der Waals surface area contributed by atoms with E-state index in [2.05, 4.69) is 34.1 Å². The van der Waals surface area contributed by atoms with Crippen LogP contribution in [0.5, 0.6) is 0 Å². The molecule has 1 aromatic heterocycles. The van der Waals surface area contributed by atoms with Crippen LogP contribution < -0.4 is 4.90 Å². The van der Waals surface area contributed by atoms with E-state index in [1.54, 1.807) is 23.3 Å². The zero-order valence-corrected chi connectivity index (χ0v) is 14.4. The summed E-state index contributed by atoms with van der Waals surface area (Å²) in [5, 5.41) is 2.01. The van der Waals surface area contributed by atoms with E-state index in [1.165, 1.54) is 5.56 Å². The van der Waals surface area contributed by atoms with Crippen molar-refractivity contribution in [3.05, 3.63) is 76.1 Å². The van der Waals surface area contributed by atoms with Crippen molar-refractivity contribution in [1.29, 1.82) is 0 Å². The van der Waals surface area contributed by atoms with Gasteiger partial charge >= 0.3 is 0 Å². The summed E-state index contributed by atoms with van der Waals surface area (Å²) in [4.78, 5) is 15.5. The minimum atomic E-state index is -0.0233. The van der Waals surface area contributed by atoms with E-state index in [0.717, 1.165) is 15.0 Å². The van der Waals surface area contributed by atoms with Crippen LogP contribution in [0.3, 0.4) is 0 Å². The number of thiophene rings is 1. The SMILES string of the molecule is CN(C(=O)c1ccccc1Br)c1csc(-c2ccccc2)c1. The molecular formula is C18H14BrNOS. The van der Waals surface area contributed by atoms with Gasteiger partial charge in [-0.15, -0.1) is 11.3 Å². The Bertz CT molecular complexity index is 798. The average molecular weight is 372 g/mol. The summed E-state index contributed by atoms with van der Waals surface area (Å²) in [6.45, 7) is 0. The normalized spacial score (nSPS) is 10.5. The monoisotopic (exact) mass is 371 g/mol. The van der Waals surface area contributed by atoms with E-state index < -0.39 is 0 Å². The first-order valence-corrected chi connectivity index (χ1v) is 8.50. The van der Waals surface area contributed by atoms with Crippen LogP contribution in [0.15, 0.2) is 70.5 Å². The van der Waals surface area contributed by atoms with Gasteiger partial charge in [0.05, 0.1) is 11.3 Å². The van der Waals surface area contributed by atoms with Crippen molar-refractivity contribution in [2.24, 2.45) is 0 Å². The zero-order chi connectivity index (χ0) is 15.5. The maximum atomic E-state index is 12.6. The van der Waals surface area contributed by atoms with Gasteiger partial charge in [-0.05, 0) is 39.7 Å². The molecule has 0 aliphatic rings. The van der Waals surface area contributed by atoms with Crippen molar-refractivity contribution in [3.63, 3.8) is 0 Å². The third kappa shape index (κ3) is 2.98. The van der Waals surface area contributed by atoms with E-state index in [0.29, 0.717) is 5.56 Å². The molecule has 0 saturated carbocycles. The first kappa shape index (κ1) is 15.0.